The van der Waals surface area contributed by atoms with Crippen molar-refractivity contribution in [2.45, 2.75) is 13.0 Å². The van der Waals surface area contributed by atoms with Gasteiger partial charge >= 0.3 is 5.97 Å². The van der Waals surface area contributed by atoms with Crippen LogP contribution in [-0.4, -0.2) is 96.8 Å². The molecule has 0 radical (unpaired) electrons. The number of hydrogen-bond donors (Lipinski definition) is 0. The van der Waals surface area contributed by atoms with Crippen LogP contribution in [0.3, 0.4) is 0 Å². The molecular weight excluding hydrogens is 434 g/mol. The molecule has 1 aromatic heterocycles. The molecule has 180 valence electrons. The topological polar surface area (TPSA) is 88.1 Å². The lowest BCUT2D eigenvalue weighted by atomic mass is 10.1. The predicted molar refractivity (Wildman–Crippen MR) is 128 cm³/mol. The minimum absolute atomic E-state index is 0.110. The second kappa shape index (κ2) is 11.7. The largest absolute Gasteiger partial charge is 0.462 e. The Hall–Kier alpha value is -3.30. The number of esters is 1. The summed E-state index contributed by atoms with van der Waals surface area (Å²) in [5.74, 6) is 0.260. The number of benzene rings is 1. The van der Waals surface area contributed by atoms with E-state index in [0.29, 0.717) is 70.6 Å². The van der Waals surface area contributed by atoms with Crippen LogP contribution in [0.4, 0.5) is 5.95 Å². The maximum Gasteiger partial charge on any atom is 0.341 e. The van der Waals surface area contributed by atoms with Crippen molar-refractivity contribution >= 4 is 23.9 Å². The lowest BCUT2D eigenvalue weighted by Gasteiger charge is -2.39. The van der Waals surface area contributed by atoms with Crippen LogP contribution in [0.1, 0.15) is 22.8 Å². The number of morpholine rings is 1. The number of carbonyl (C=O) groups excluding carboxylic acids is 2. The fourth-order valence-electron chi connectivity index (χ4n) is 4.10. The van der Waals surface area contributed by atoms with Crippen LogP contribution in [-0.2, 0) is 14.3 Å². The number of ether oxygens (including phenoxy) is 2. The molecule has 1 aromatic carbocycles. The van der Waals surface area contributed by atoms with Gasteiger partial charge in [-0.3, -0.25) is 9.69 Å². The molecule has 0 spiro atoms. The van der Waals surface area contributed by atoms with Gasteiger partial charge in [0.15, 0.2) is 0 Å². The molecule has 0 saturated carbocycles. The van der Waals surface area contributed by atoms with Gasteiger partial charge < -0.3 is 19.3 Å². The summed E-state index contributed by atoms with van der Waals surface area (Å²) in [6, 6.07) is 9.68. The minimum Gasteiger partial charge on any atom is -0.462 e. The molecule has 1 atom stereocenters. The van der Waals surface area contributed by atoms with Crippen molar-refractivity contribution in [1.29, 1.82) is 0 Å². The highest BCUT2D eigenvalue weighted by Gasteiger charge is 2.31. The summed E-state index contributed by atoms with van der Waals surface area (Å²) in [5, 5.41) is 0. The summed E-state index contributed by atoms with van der Waals surface area (Å²) in [6.07, 6.45) is 7.03. The first-order valence-electron chi connectivity index (χ1n) is 11.7. The molecule has 2 saturated heterocycles. The van der Waals surface area contributed by atoms with Crippen molar-refractivity contribution < 1.29 is 19.1 Å². The highest BCUT2D eigenvalue weighted by molar-refractivity contribution is 5.88. The van der Waals surface area contributed by atoms with Gasteiger partial charge in [0.25, 0.3) is 0 Å². The monoisotopic (exact) mass is 465 g/mol. The van der Waals surface area contributed by atoms with Crippen LogP contribution < -0.4 is 4.90 Å². The van der Waals surface area contributed by atoms with Crippen molar-refractivity contribution in [2.24, 2.45) is 0 Å². The van der Waals surface area contributed by atoms with E-state index in [1.807, 2.05) is 47.4 Å². The maximum atomic E-state index is 13.4. The molecule has 2 aliphatic rings. The summed E-state index contributed by atoms with van der Waals surface area (Å²) in [6.45, 7) is 7.23. The third-order valence-corrected chi connectivity index (χ3v) is 5.99. The van der Waals surface area contributed by atoms with Crippen LogP contribution >= 0.6 is 0 Å². The van der Waals surface area contributed by atoms with E-state index in [4.69, 9.17) is 9.47 Å². The Morgan fingerprint density at radius 3 is 2.35 bits per heavy atom. The van der Waals surface area contributed by atoms with Gasteiger partial charge in [-0.05, 0) is 12.5 Å². The number of hydrogen-bond acceptors (Lipinski definition) is 8. The molecule has 0 N–H and O–H groups in total. The zero-order valence-electron chi connectivity index (χ0n) is 19.5. The minimum atomic E-state index is -0.423. The fourth-order valence-corrected chi connectivity index (χ4v) is 4.10. The Balaban J connectivity index is 1.43. The van der Waals surface area contributed by atoms with Gasteiger partial charge in [0.1, 0.15) is 6.04 Å². The van der Waals surface area contributed by atoms with Gasteiger partial charge in [-0.15, -0.1) is 0 Å². The molecule has 2 aromatic rings. The number of carbonyl (C=O) groups is 2. The highest BCUT2D eigenvalue weighted by Crippen LogP contribution is 2.17. The van der Waals surface area contributed by atoms with Crippen LogP contribution in [0.5, 0.6) is 0 Å². The second-order valence-electron chi connectivity index (χ2n) is 8.17. The van der Waals surface area contributed by atoms with E-state index >= 15 is 0 Å². The smallest absolute Gasteiger partial charge is 0.341 e. The molecule has 1 amide bonds. The zero-order valence-corrected chi connectivity index (χ0v) is 19.5. The SMILES string of the molecule is CCOC(=O)c1cnc(N2CCN(C(C=Cc3ccccc3)C(=O)N3CCOCC3)CC2)nc1. The van der Waals surface area contributed by atoms with Crippen molar-refractivity contribution in [3.63, 3.8) is 0 Å². The van der Waals surface area contributed by atoms with Crippen molar-refractivity contribution in [3.8, 4) is 0 Å². The summed E-state index contributed by atoms with van der Waals surface area (Å²) in [7, 11) is 0. The Kier molecular flexibility index (Phi) is 8.21. The van der Waals surface area contributed by atoms with E-state index in [1.54, 1.807) is 6.92 Å². The molecule has 9 nitrogen and oxygen atoms in total. The Bertz CT molecular complexity index is 969. The van der Waals surface area contributed by atoms with E-state index in [1.165, 1.54) is 12.4 Å². The number of piperazine rings is 1. The van der Waals surface area contributed by atoms with Crippen LogP contribution in [0.2, 0.25) is 0 Å². The highest BCUT2D eigenvalue weighted by atomic mass is 16.5. The number of anilines is 1. The summed E-state index contributed by atoms with van der Waals surface area (Å²) in [5.41, 5.74) is 1.41. The van der Waals surface area contributed by atoms with Crippen LogP contribution in [0.15, 0.2) is 48.8 Å². The van der Waals surface area contributed by atoms with Crippen molar-refractivity contribution in [3.05, 3.63) is 59.9 Å². The van der Waals surface area contributed by atoms with E-state index in [0.717, 1.165) is 5.56 Å². The number of rotatable bonds is 7. The predicted octanol–water partition coefficient (Wildman–Crippen LogP) is 1.72. The normalized spacial score (nSPS) is 18.1. The molecule has 9 heteroatoms. The Morgan fingerprint density at radius 2 is 1.71 bits per heavy atom. The first-order chi connectivity index (χ1) is 16.7. The van der Waals surface area contributed by atoms with Gasteiger partial charge in [0.2, 0.25) is 11.9 Å². The molecule has 0 aliphatic carbocycles. The quantitative estimate of drug-likeness (QED) is 0.571. The molecule has 0 bridgehead atoms. The standard InChI is InChI=1S/C25H31N5O4/c1-2-34-24(32)21-18-26-25(27-19-21)30-12-10-28(11-13-30)22(9-8-20-6-4-3-5-7-20)23(31)29-14-16-33-17-15-29/h3-9,18-19,22H,2,10-17H2,1H3. The average molecular weight is 466 g/mol. The zero-order chi connectivity index (χ0) is 23.8. The molecule has 34 heavy (non-hydrogen) atoms. The first-order valence-corrected chi connectivity index (χ1v) is 11.7. The maximum absolute atomic E-state index is 13.4. The van der Waals surface area contributed by atoms with Crippen LogP contribution in [0, 0.1) is 0 Å². The third kappa shape index (κ3) is 5.98. The summed E-state index contributed by atoms with van der Waals surface area (Å²) >= 11 is 0. The van der Waals surface area contributed by atoms with E-state index in [9.17, 15) is 9.59 Å². The van der Waals surface area contributed by atoms with Crippen molar-refractivity contribution in [2.75, 3.05) is 64.0 Å². The average Bonchev–Trinajstić information content (AvgIpc) is 2.90. The van der Waals surface area contributed by atoms with Gasteiger partial charge in [-0.1, -0.05) is 42.5 Å². The number of aromatic nitrogens is 2. The Morgan fingerprint density at radius 1 is 1.03 bits per heavy atom. The molecule has 2 fully saturated rings. The molecule has 4 rings (SSSR count). The summed E-state index contributed by atoms with van der Waals surface area (Å²) in [4.78, 5) is 40.1. The molecule has 2 aliphatic heterocycles. The third-order valence-electron chi connectivity index (χ3n) is 5.99. The van der Waals surface area contributed by atoms with E-state index < -0.39 is 5.97 Å². The second-order valence-corrected chi connectivity index (χ2v) is 8.17. The first kappa shape index (κ1) is 23.8. The Labute approximate surface area is 200 Å². The number of nitrogens with zero attached hydrogens (tertiary/aromatic N) is 5. The van der Waals surface area contributed by atoms with Crippen molar-refractivity contribution in [1.82, 2.24) is 19.8 Å². The lowest BCUT2D eigenvalue weighted by Crippen LogP contribution is -2.56. The van der Waals surface area contributed by atoms with E-state index in [-0.39, 0.29) is 11.9 Å². The van der Waals surface area contributed by atoms with Gasteiger partial charge in [0, 0.05) is 51.7 Å². The van der Waals surface area contributed by atoms with Gasteiger partial charge in [-0.25, -0.2) is 14.8 Å². The van der Waals surface area contributed by atoms with Gasteiger partial charge in [0.05, 0.1) is 25.4 Å². The molecule has 1 unspecified atom stereocenters. The number of amides is 1. The van der Waals surface area contributed by atoms with Crippen LogP contribution in [0.25, 0.3) is 6.08 Å². The molecule has 3 heterocycles. The lowest BCUT2D eigenvalue weighted by molar-refractivity contribution is -0.139. The summed E-state index contributed by atoms with van der Waals surface area (Å²) < 4.78 is 10.4. The molecular formula is C25H31N5O4. The van der Waals surface area contributed by atoms with E-state index in [2.05, 4.69) is 19.8 Å². The van der Waals surface area contributed by atoms with Gasteiger partial charge in [-0.2, -0.15) is 0 Å². The fraction of sp³-hybridized carbons (Fsp3) is 0.440.